The average Bonchev–Trinajstić information content (AvgIpc) is 2.94. The van der Waals surface area contributed by atoms with Crippen LogP contribution < -0.4 is 4.74 Å². The van der Waals surface area contributed by atoms with Gasteiger partial charge in [0.25, 0.3) is 0 Å². The molecule has 1 aromatic heterocycles. The van der Waals surface area contributed by atoms with Crippen LogP contribution in [-0.2, 0) is 4.74 Å². The highest BCUT2D eigenvalue weighted by atomic mass is 16.6. The van der Waals surface area contributed by atoms with E-state index in [1.165, 1.54) is 0 Å². The number of benzene rings is 1. The van der Waals surface area contributed by atoms with Crippen molar-refractivity contribution in [1.29, 1.82) is 0 Å². The standard InChI is InChI=1S/C20H27N3O4/c1-14-12-15-13-16(26-5)6-7-17(15)23(14)18(24)21-8-10-22(11-9-21)19(25)27-20(2,3)4/h6-7,12-13H,8-11H2,1-5H3. The number of ether oxygens (including phenoxy) is 2. The summed E-state index contributed by atoms with van der Waals surface area (Å²) in [5, 5.41) is 0.965. The fourth-order valence-electron chi connectivity index (χ4n) is 3.26. The van der Waals surface area contributed by atoms with Crippen LogP contribution in [0, 0.1) is 6.92 Å². The van der Waals surface area contributed by atoms with Gasteiger partial charge in [0.05, 0.1) is 12.6 Å². The summed E-state index contributed by atoms with van der Waals surface area (Å²) in [6.45, 7) is 9.35. The van der Waals surface area contributed by atoms with Crippen molar-refractivity contribution >= 4 is 23.0 Å². The van der Waals surface area contributed by atoms with Gasteiger partial charge in [-0.25, -0.2) is 9.59 Å². The Hall–Kier alpha value is -2.70. The summed E-state index contributed by atoms with van der Waals surface area (Å²) in [5.41, 5.74) is 1.21. The maximum atomic E-state index is 13.1. The summed E-state index contributed by atoms with van der Waals surface area (Å²) in [6.07, 6.45) is -0.329. The Morgan fingerprint density at radius 2 is 1.63 bits per heavy atom. The Kier molecular flexibility index (Phi) is 5.04. The van der Waals surface area contributed by atoms with Gasteiger partial charge in [-0.15, -0.1) is 0 Å². The van der Waals surface area contributed by atoms with E-state index in [0.717, 1.165) is 22.3 Å². The fourth-order valence-corrected chi connectivity index (χ4v) is 3.26. The van der Waals surface area contributed by atoms with Crippen molar-refractivity contribution in [2.75, 3.05) is 33.3 Å². The average molecular weight is 373 g/mol. The van der Waals surface area contributed by atoms with E-state index < -0.39 is 5.60 Å². The molecule has 7 nitrogen and oxygen atoms in total. The molecular weight excluding hydrogens is 346 g/mol. The summed E-state index contributed by atoms with van der Waals surface area (Å²) in [6, 6.07) is 7.58. The molecule has 0 radical (unpaired) electrons. The lowest BCUT2D eigenvalue weighted by atomic mass is 10.2. The second-order valence-electron chi connectivity index (χ2n) is 7.78. The fraction of sp³-hybridized carbons (Fsp3) is 0.500. The molecule has 0 saturated carbocycles. The van der Waals surface area contributed by atoms with Gasteiger partial charge in [-0.05, 0) is 52.0 Å². The van der Waals surface area contributed by atoms with Gasteiger partial charge in [-0.2, -0.15) is 0 Å². The zero-order valence-corrected chi connectivity index (χ0v) is 16.6. The van der Waals surface area contributed by atoms with E-state index in [1.807, 2.05) is 52.0 Å². The van der Waals surface area contributed by atoms with Gasteiger partial charge in [0.2, 0.25) is 0 Å². The van der Waals surface area contributed by atoms with Crippen LogP contribution in [0.5, 0.6) is 5.75 Å². The first-order valence-electron chi connectivity index (χ1n) is 9.13. The third-order valence-corrected chi connectivity index (χ3v) is 4.59. The number of carbonyl (C=O) groups excluding carboxylic acids is 2. The van der Waals surface area contributed by atoms with E-state index in [1.54, 1.807) is 21.5 Å². The van der Waals surface area contributed by atoms with Crippen LogP contribution in [0.2, 0.25) is 0 Å². The Morgan fingerprint density at radius 3 is 2.22 bits per heavy atom. The van der Waals surface area contributed by atoms with Crippen molar-refractivity contribution in [3.05, 3.63) is 30.0 Å². The van der Waals surface area contributed by atoms with Crippen molar-refractivity contribution in [2.45, 2.75) is 33.3 Å². The predicted octanol–water partition coefficient (Wildman–Crippen LogP) is 3.48. The molecule has 2 heterocycles. The van der Waals surface area contributed by atoms with Crippen LogP contribution in [-0.4, -0.2) is 65.4 Å². The number of methoxy groups -OCH3 is 1. The Labute approximate surface area is 159 Å². The molecule has 27 heavy (non-hydrogen) atoms. The topological polar surface area (TPSA) is 64.0 Å². The summed E-state index contributed by atoms with van der Waals surface area (Å²) in [4.78, 5) is 28.7. The number of carbonyl (C=O) groups is 2. The summed E-state index contributed by atoms with van der Waals surface area (Å²) in [5.74, 6) is 0.762. The maximum Gasteiger partial charge on any atom is 0.410 e. The van der Waals surface area contributed by atoms with Gasteiger partial charge >= 0.3 is 12.1 Å². The molecule has 146 valence electrons. The molecule has 0 unspecified atom stereocenters. The van der Waals surface area contributed by atoms with Crippen molar-refractivity contribution in [2.24, 2.45) is 0 Å². The van der Waals surface area contributed by atoms with Crippen LogP contribution in [0.4, 0.5) is 9.59 Å². The van der Waals surface area contributed by atoms with Gasteiger partial charge in [-0.1, -0.05) is 0 Å². The number of piperazine rings is 1. The highest BCUT2D eigenvalue weighted by Crippen LogP contribution is 2.25. The van der Waals surface area contributed by atoms with Gasteiger partial charge in [0, 0.05) is 37.3 Å². The third kappa shape index (κ3) is 4.02. The maximum absolute atomic E-state index is 13.1. The monoisotopic (exact) mass is 373 g/mol. The van der Waals surface area contributed by atoms with Crippen LogP contribution in [0.3, 0.4) is 0 Å². The van der Waals surface area contributed by atoms with Crippen molar-refractivity contribution in [3.63, 3.8) is 0 Å². The van der Waals surface area contributed by atoms with E-state index >= 15 is 0 Å². The normalized spacial score (nSPS) is 15.1. The van der Waals surface area contributed by atoms with Crippen LogP contribution >= 0.6 is 0 Å². The largest absolute Gasteiger partial charge is 0.497 e. The Morgan fingerprint density at radius 1 is 1.00 bits per heavy atom. The molecule has 2 amide bonds. The molecule has 0 spiro atoms. The highest BCUT2D eigenvalue weighted by molar-refractivity contribution is 5.93. The number of rotatable bonds is 1. The lowest BCUT2D eigenvalue weighted by Gasteiger charge is -2.35. The number of hydrogen-bond acceptors (Lipinski definition) is 4. The Bertz CT molecular complexity index is 858. The number of aryl methyl sites for hydroxylation is 1. The minimum Gasteiger partial charge on any atom is -0.497 e. The van der Waals surface area contributed by atoms with E-state index in [0.29, 0.717) is 26.2 Å². The molecule has 3 rings (SSSR count). The van der Waals surface area contributed by atoms with Gasteiger partial charge in [0.15, 0.2) is 0 Å². The van der Waals surface area contributed by atoms with Crippen molar-refractivity contribution in [3.8, 4) is 5.75 Å². The number of nitrogens with zero attached hydrogens (tertiary/aromatic N) is 3. The summed E-state index contributed by atoms with van der Waals surface area (Å²) >= 11 is 0. The van der Waals surface area contributed by atoms with E-state index in [-0.39, 0.29) is 12.1 Å². The highest BCUT2D eigenvalue weighted by Gasteiger charge is 2.29. The molecule has 1 aliphatic rings. The summed E-state index contributed by atoms with van der Waals surface area (Å²) < 4.78 is 12.4. The molecule has 1 aromatic carbocycles. The minimum absolute atomic E-state index is 0.0727. The van der Waals surface area contributed by atoms with Gasteiger partial charge in [0.1, 0.15) is 11.4 Å². The molecule has 1 saturated heterocycles. The lowest BCUT2D eigenvalue weighted by Crippen LogP contribution is -2.52. The van der Waals surface area contributed by atoms with Crippen molar-refractivity contribution < 1.29 is 19.1 Å². The predicted molar refractivity (Wildman–Crippen MR) is 103 cm³/mol. The first kappa shape index (κ1) is 19.1. The number of amides is 2. The summed E-state index contributed by atoms with van der Waals surface area (Å²) in [7, 11) is 1.63. The number of fused-ring (bicyclic) bond motifs is 1. The smallest absolute Gasteiger partial charge is 0.410 e. The molecule has 0 N–H and O–H groups in total. The van der Waals surface area contributed by atoms with Crippen LogP contribution in [0.25, 0.3) is 10.9 Å². The van der Waals surface area contributed by atoms with Gasteiger partial charge < -0.3 is 19.3 Å². The minimum atomic E-state index is -0.522. The SMILES string of the molecule is COc1ccc2c(c1)cc(C)n2C(=O)N1CCN(C(=O)OC(C)(C)C)CC1. The van der Waals surface area contributed by atoms with Crippen LogP contribution in [0.1, 0.15) is 26.5 Å². The zero-order valence-electron chi connectivity index (χ0n) is 16.6. The first-order valence-corrected chi connectivity index (χ1v) is 9.13. The molecule has 1 fully saturated rings. The first-order chi connectivity index (χ1) is 12.7. The molecule has 0 atom stereocenters. The van der Waals surface area contributed by atoms with E-state index in [4.69, 9.17) is 9.47 Å². The van der Waals surface area contributed by atoms with Crippen LogP contribution in [0.15, 0.2) is 24.3 Å². The van der Waals surface area contributed by atoms with Crippen molar-refractivity contribution in [1.82, 2.24) is 14.4 Å². The zero-order chi connectivity index (χ0) is 19.8. The lowest BCUT2D eigenvalue weighted by molar-refractivity contribution is 0.0170. The van der Waals surface area contributed by atoms with Gasteiger partial charge in [-0.3, -0.25) is 4.57 Å². The van der Waals surface area contributed by atoms with E-state index in [9.17, 15) is 9.59 Å². The quantitative estimate of drug-likeness (QED) is 0.768. The van der Waals surface area contributed by atoms with E-state index in [2.05, 4.69) is 0 Å². The second kappa shape index (κ2) is 7.13. The molecule has 1 aliphatic heterocycles. The molecular formula is C20H27N3O4. The molecule has 0 bridgehead atoms. The molecule has 2 aromatic rings. The number of hydrogen-bond donors (Lipinski definition) is 0. The molecule has 0 aliphatic carbocycles. The second-order valence-corrected chi connectivity index (χ2v) is 7.78. The third-order valence-electron chi connectivity index (χ3n) is 4.59. The molecule has 7 heteroatoms. The number of aromatic nitrogens is 1. The Balaban J connectivity index is 1.72.